The molecule has 0 saturated carbocycles. The largest absolute Gasteiger partial charge is 0.495 e. The maximum absolute atomic E-state index is 6.02. The zero-order chi connectivity index (χ0) is 16.8. The number of hydrogen-bond donors (Lipinski definition) is 2. The first-order valence-electron chi connectivity index (χ1n) is 7.17. The topological polar surface area (TPSA) is 84.9 Å². The highest BCUT2D eigenvalue weighted by Gasteiger charge is 2.07. The zero-order valence-corrected chi connectivity index (χ0v) is 13.7. The second-order valence-corrected chi connectivity index (χ2v) is 5.28. The van der Waals surface area contributed by atoms with Gasteiger partial charge in [0.05, 0.1) is 19.0 Å². The Hall–Kier alpha value is -2.93. The highest BCUT2D eigenvalue weighted by Crippen LogP contribution is 2.29. The summed E-state index contributed by atoms with van der Waals surface area (Å²) in [4.78, 5) is 8.36. The number of anilines is 3. The number of nitrogens with zero attached hydrogens (tertiary/aromatic N) is 4. The van der Waals surface area contributed by atoms with Crippen LogP contribution < -0.4 is 15.4 Å². The molecule has 0 fully saturated rings. The number of aromatic nitrogens is 4. The number of rotatable bonds is 6. The Bertz CT molecular complexity index is 815. The van der Waals surface area contributed by atoms with E-state index >= 15 is 0 Å². The van der Waals surface area contributed by atoms with Crippen LogP contribution in [0.4, 0.5) is 17.5 Å². The van der Waals surface area contributed by atoms with Crippen LogP contribution in [0.2, 0.25) is 5.02 Å². The molecule has 0 aliphatic carbocycles. The normalized spacial score (nSPS) is 10.2. The molecule has 0 radical (unpaired) electrons. The summed E-state index contributed by atoms with van der Waals surface area (Å²) in [6.07, 6.45) is 5.04. The number of benzene rings is 1. The lowest BCUT2D eigenvalue weighted by atomic mass is 10.3. The molecule has 0 bridgehead atoms. The molecular formula is C16H15ClN6O. The lowest BCUT2D eigenvalue weighted by Crippen LogP contribution is -2.06. The molecule has 7 nitrogen and oxygen atoms in total. The molecule has 2 heterocycles. The van der Waals surface area contributed by atoms with Gasteiger partial charge in [0, 0.05) is 24.0 Å². The number of nitrogens with one attached hydrogen (secondary N) is 2. The smallest absolute Gasteiger partial charge is 0.249 e. The molecule has 0 amide bonds. The van der Waals surface area contributed by atoms with Crippen LogP contribution in [-0.4, -0.2) is 27.3 Å². The average Bonchev–Trinajstić information content (AvgIpc) is 2.61. The van der Waals surface area contributed by atoms with Crippen LogP contribution >= 0.6 is 11.6 Å². The van der Waals surface area contributed by atoms with E-state index in [1.807, 2.05) is 12.1 Å². The van der Waals surface area contributed by atoms with E-state index in [-0.39, 0.29) is 0 Å². The summed E-state index contributed by atoms with van der Waals surface area (Å²) in [6, 6.07) is 9.11. The molecule has 1 aromatic carbocycles. The van der Waals surface area contributed by atoms with E-state index in [0.717, 1.165) is 5.56 Å². The predicted molar refractivity (Wildman–Crippen MR) is 92.7 cm³/mol. The SMILES string of the molecule is COc1ccc(Cl)cc1Nc1nncc(NCc2ccncc2)n1. The summed E-state index contributed by atoms with van der Waals surface area (Å²) in [6.45, 7) is 0.612. The summed E-state index contributed by atoms with van der Waals surface area (Å²) in [5.74, 6) is 1.58. The maximum Gasteiger partial charge on any atom is 0.249 e. The van der Waals surface area contributed by atoms with Gasteiger partial charge in [-0.3, -0.25) is 4.98 Å². The maximum atomic E-state index is 6.02. The van der Waals surface area contributed by atoms with Crippen molar-refractivity contribution < 1.29 is 4.74 Å². The molecule has 2 N–H and O–H groups in total. The van der Waals surface area contributed by atoms with Crippen molar-refractivity contribution in [3.05, 3.63) is 59.5 Å². The Balaban J connectivity index is 1.72. The van der Waals surface area contributed by atoms with Gasteiger partial charge in [-0.1, -0.05) is 11.6 Å². The molecule has 0 unspecified atom stereocenters. The highest BCUT2D eigenvalue weighted by molar-refractivity contribution is 6.30. The Morgan fingerprint density at radius 1 is 1.17 bits per heavy atom. The number of halogens is 1. The quantitative estimate of drug-likeness (QED) is 0.711. The third-order valence-electron chi connectivity index (χ3n) is 3.19. The second-order valence-electron chi connectivity index (χ2n) is 4.84. The van der Waals surface area contributed by atoms with Gasteiger partial charge in [-0.2, -0.15) is 10.1 Å². The van der Waals surface area contributed by atoms with Gasteiger partial charge in [0.15, 0.2) is 5.82 Å². The lowest BCUT2D eigenvalue weighted by Gasteiger charge is -2.11. The molecule has 0 aliphatic rings. The van der Waals surface area contributed by atoms with Crippen molar-refractivity contribution in [2.24, 2.45) is 0 Å². The van der Waals surface area contributed by atoms with Crippen molar-refractivity contribution in [2.45, 2.75) is 6.54 Å². The first-order valence-corrected chi connectivity index (χ1v) is 7.55. The van der Waals surface area contributed by atoms with Crippen LogP contribution in [-0.2, 0) is 6.54 Å². The standard InChI is InChI=1S/C16H15ClN6O/c1-24-14-3-2-12(17)8-13(14)21-16-22-15(10-20-23-16)19-9-11-4-6-18-7-5-11/h2-8,10H,9H2,1H3,(H2,19,21,22,23). The molecule has 2 aromatic heterocycles. The van der Waals surface area contributed by atoms with E-state index in [1.54, 1.807) is 43.9 Å². The molecule has 0 aliphatic heterocycles. The van der Waals surface area contributed by atoms with E-state index in [2.05, 4.69) is 30.8 Å². The Kier molecular flexibility index (Phi) is 5.02. The summed E-state index contributed by atoms with van der Waals surface area (Å²) in [7, 11) is 1.58. The zero-order valence-electron chi connectivity index (χ0n) is 12.9. The van der Waals surface area contributed by atoms with Gasteiger partial charge in [0.2, 0.25) is 5.95 Å². The Morgan fingerprint density at radius 3 is 2.79 bits per heavy atom. The van der Waals surface area contributed by atoms with Crippen LogP contribution in [0.1, 0.15) is 5.56 Å². The minimum atomic E-state index is 0.343. The fourth-order valence-corrected chi connectivity index (χ4v) is 2.21. The molecule has 0 saturated heterocycles. The summed E-state index contributed by atoms with van der Waals surface area (Å²) in [5, 5.41) is 14.8. The Morgan fingerprint density at radius 2 is 2.00 bits per heavy atom. The van der Waals surface area contributed by atoms with Gasteiger partial charge in [-0.05, 0) is 35.9 Å². The predicted octanol–water partition coefficient (Wildman–Crippen LogP) is 3.28. The van der Waals surface area contributed by atoms with Crippen molar-refractivity contribution >= 4 is 29.1 Å². The molecule has 122 valence electrons. The van der Waals surface area contributed by atoms with E-state index in [9.17, 15) is 0 Å². The molecule has 8 heteroatoms. The summed E-state index contributed by atoms with van der Waals surface area (Å²) in [5.41, 5.74) is 1.76. The van der Waals surface area contributed by atoms with Gasteiger partial charge in [-0.15, -0.1) is 5.10 Å². The first kappa shape index (κ1) is 15.9. The fraction of sp³-hybridized carbons (Fsp3) is 0.125. The number of ether oxygens (including phenoxy) is 1. The van der Waals surface area contributed by atoms with Crippen molar-refractivity contribution in [3.63, 3.8) is 0 Å². The molecule has 0 spiro atoms. The number of methoxy groups -OCH3 is 1. The second kappa shape index (κ2) is 7.56. The average molecular weight is 343 g/mol. The molecule has 24 heavy (non-hydrogen) atoms. The Labute approximate surface area is 144 Å². The third kappa shape index (κ3) is 4.08. The summed E-state index contributed by atoms with van der Waals surface area (Å²) < 4.78 is 5.29. The van der Waals surface area contributed by atoms with E-state index in [4.69, 9.17) is 16.3 Å². The highest BCUT2D eigenvalue weighted by atomic mass is 35.5. The van der Waals surface area contributed by atoms with Gasteiger partial charge < -0.3 is 15.4 Å². The van der Waals surface area contributed by atoms with Crippen LogP contribution in [0, 0.1) is 0 Å². The van der Waals surface area contributed by atoms with Crippen LogP contribution in [0.3, 0.4) is 0 Å². The monoisotopic (exact) mass is 342 g/mol. The van der Waals surface area contributed by atoms with Crippen molar-refractivity contribution in [3.8, 4) is 5.75 Å². The number of hydrogen-bond acceptors (Lipinski definition) is 7. The van der Waals surface area contributed by atoms with E-state index < -0.39 is 0 Å². The molecule has 3 aromatic rings. The van der Waals surface area contributed by atoms with E-state index in [1.165, 1.54) is 0 Å². The minimum Gasteiger partial charge on any atom is -0.495 e. The summed E-state index contributed by atoms with van der Waals surface area (Å²) >= 11 is 6.02. The van der Waals surface area contributed by atoms with Crippen LogP contribution in [0.25, 0.3) is 0 Å². The van der Waals surface area contributed by atoms with Gasteiger partial charge >= 0.3 is 0 Å². The van der Waals surface area contributed by atoms with Gasteiger partial charge in [-0.25, -0.2) is 0 Å². The lowest BCUT2D eigenvalue weighted by molar-refractivity contribution is 0.417. The third-order valence-corrected chi connectivity index (χ3v) is 3.42. The van der Waals surface area contributed by atoms with Crippen LogP contribution in [0.15, 0.2) is 48.9 Å². The molecule has 0 atom stereocenters. The molecular weight excluding hydrogens is 328 g/mol. The van der Waals surface area contributed by atoms with Crippen molar-refractivity contribution in [2.75, 3.05) is 17.7 Å². The minimum absolute atomic E-state index is 0.343. The first-order chi connectivity index (χ1) is 11.7. The van der Waals surface area contributed by atoms with Crippen molar-refractivity contribution in [1.82, 2.24) is 20.2 Å². The fourth-order valence-electron chi connectivity index (χ4n) is 2.03. The van der Waals surface area contributed by atoms with Gasteiger partial charge in [0.25, 0.3) is 0 Å². The van der Waals surface area contributed by atoms with Crippen LogP contribution in [0.5, 0.6) is 5.75 Å². The van der Waals surface area contributed by atoms with Gasteiger partial charge in [0.1, 0.15) is 5.75 Å². The van der Waals surface area contributed by atoms with Crippen molar-refractivity contribution in [1.29, 1.82) is 0 Å². The number of pyridine rings is 1. The van der Waals surface area contributed by atoms with E-state index in [0.29, 0.717) is 34.8 Å². The molecule has 3 rings (SSSR count).